The third kappa shape index (κ3) is 6.40. The van der Waals surface area contributed by atoms with Crippen LogP contribution in [0.2, 0.25) is 0 Å². The highest BCUT2D eigenvalue weighted by molar-refractivity contribution is 7.12. The van der Waals surface area contributed by atoms with E-state index < -0.39 is 12.0 Å². The number of carbonyl (C=O) groups excluding carboxylic acids is 2. The molecule has 21 heavy (non-hydrogen) atoms. The zero-order chi connectivity index (χ0) is 15.7. The molecule has 1 unspecified atom stereocenters. The summed E-state index contributed by atoms with van der Waals surface area (Å²) < 4.78 is 0. The number of amides is 2. The van der Waals surface area contributed by atoms with E-state index in [4.69, 9.17) is 5.11 Å². The third-order valence-corrected chi connectivity index (χ3v) is 3.69. The van der Waals surface area contributed by atoms with Crippen LogP contribution in [0.5, 0.6) is 0 Å². The van der Waals surface area contributed by atoms with Crippen molar-refractivity contribution in [2.24, 2.45) is 0 Å². The van der Waals surface area contributed by atoms with Gasteiger partial charge in [0.15, 0.2) is 0 Å². The van der Waals surface area contributed by atoms with Gasteiger partial charge in [-0.05, 0) is 24.3 Å². The molecular weight excluding hydrogens is 292 g/mol. The zero-order valence-corrected chi connectivity index (χ0v) is 12.7. The predicted octanol–water partition coefficient (Wildman–Crippen LogP) is 1.63. The molecule has 3 N–H and O–H groups in total. The van der Waals surface area contributed by atoms with Gasteiger partial charge in [0, 0.05) is 13.0 Å². The van der Waals surface area contributed by atoms with Gasteiger partial charge in [-0.25, -0.2) is 4.79 Å². The number of carboxylic acid groups (broad SMARTS) is 1. The molecule has 7 heteroatoms. The fourth-order valence-electron chi connectivity index (χ4n) is 1.76. The van der Waals surface area contributed by atoms with Crippen molar-refractivity contribution in [1.29, 1.82) is 0 Å². The number of thiophene rings is 1. The Balaban J connectivity index is 2.21. The lowest BCUT2D eigenvalue weighted by Crippen LogP contribution is -2.40. The van der Waals surface area contributed by atoms with Crippen molar-refractivity contribution in [3.05, 3.63) is 22.4 Å². The Morgan fingerprint density at radius 3 is 2.71 bits per heavy atom. The summed E-state index contributed by atoms with van der Waals surface area (Å²) in [5, 5.41) is 16.0. The second kappa shape index (κ2) is 9.12. The Bertz CT molecular complexity index is 473. The van der Waals surface area contributed by atoms with Gasteiger partial charge < -0.3 is 15.7 Å². The van der Waals surface area contributed by atoms with Crippen LogP contribution in [0, 0.1) is 0 Å². The average molecular weight is 312 g/mol. The highest BCUT2D eigenvalue weighted by atomic mass is 32.1. The first kappa shape index (κ1) is 17.2. The maximum absolute atomic E-state index is 11.6. The lowest BCUT2D eigenvalue weighted by molar-refractivity contribution is -0.142. The van der Waals surface area contributed by atoms with Crippen molar-refractivity contribution >= 4 is 29.1 Å². The van der Waals surface area contributed by atoms with E-state index in [0.717, 1.165) is 0 Å². The van der Waals surface area contributed by atoms with Gasteiger partial charge in [0.25, 0.3) is 5.91 Å². The van der Waals surface area contributed by atoms with Gasteiger partial charge in [0.1, 0.15) is 6.04 Å². The average Bonchev–Trinajstić information content (AvgIpc) is 2.97. The summed E-state index contributed by atoms with van der Waals surface area (Å²) >= 11 is 1.36. The minimum absolute atomic E-state index is 0.153. The van der Waals surface area contributed by atoms with E-state index in [-0.39, 0.29) is 18.2 Å². The maximum Gasteiger partial charge on any atom is 0.326 e. The molecule has 0 saturated heterocycles. The van der Waals surface area contributed by atoms with Crippen molar-refractivity contribution in [2.75, 3.05) is 6.54 Å². The summed E-state index contributed by atoms with van der Waals surface area (Å²) in [6.07, 6.45) is 1.77. The molecule has 0 aromatic carbocycles. The van der Waals surface area contributed by atoms with Crippen LogP contribution in [0.25, 0.3) is 0 Å². The molecule has 116 valence electrons. The van der Waals surface area contributed by atoms with Crippen LogP contribution in [-0.2, 0) is 9.59 Å². The first-order chi connectivity index (χ1) is 10.0. The smallest absolute Gasteiger partial charge is 0.326 e. The molecule has 1 aromatic heterocycles. The summed E-state index contributed by atoms with van der Waals surface area (Å²) in [7, 11) is 0. The number of hydrogen-bond acceptors (Lipinski definition) is 4. The highest BCUT2D eigenvalue weighted by Crippen LogP contribution is 2.07. The van der Waals surface area contributed by atoms with Crippen LogP contribution in [0.3, 0.4) is 0 Å². The molecule has 1 atom stereocenters. The molecule has 0 aliphatic rings. The minimum Gasteiger partial charge on any atom is -0.480 e. The van der Waals surface area contributed by atoms with Crippen molar-refractivity contribution < 1.29 is 19.5 Å². The van der Waals surface area contributed by atoms with E-state index in [2.05, 4.69) is 10.6 Å². The van der Waals surface area contributed by atoms with E-state index in [9.17, 15) is 14.4 Å². The van der Waals surface area contributed by atoms with Crippen molar-refractivity contribution in [3.63, 3.8) is 0 Å². The lowest BCUT2D eigenvalue weighted by Gasteiger charge is -2.13. The molecule has 0 aliphatic carbocycles. The Hall–Kier alpha value is -1.89. The number of hydrogen-bond donors (Lipinski definition) is 3. The van der Waals surface area contributed by atoms with Gasteiger partial charge in [0.05, 0.1) is 4.88 Å². The van der Waals surface area contributed by atoms with Crippen LogP contribution < -0.4 is 10.6 Å². The fraction of sp³-hybridized carbons (Fsp3) is 0.500. The van der Waals surface area contributed by atoms with Gasteiger partial charge in [0.2, 0.25) is 5.91 Å². The third-order valence-electron chi connectivity index (χ3n) is 2.82. The number of nitrogens with one attached hydrogen (secondary N) is 2. The van der Waals surface area contributed by atoms with Crippen molar-refractivity contribution in [1.82, 2.24) is 10.6 Å². The standard InChI is InChI=1S/C14H20N2O4S/c1-2-5-10(14(19)20)16-12(17)7-3-8-15-13(18)11-6-4-9-21-11/h4,6,9-10H,2-3,5,7-8H2,1H3,(H,15,18)(H,16,17)(H,19,20). The summed E-state index contributed by atoms with van der Waals surface area (Å²) in [6.45, 7) is 2.25. The van der Waals surface area contributed by atoms with Crippen LogP contribution in [0.4, 0.5) is 0 Å². The molecular formula is C14H20N2O4S. The Labute approximate surface area is 127 Å². The largest absolute Gasteiger partial charge is 0.480 e. The molecule has 0 saturated carbocycles. The van der Waals surface area contributed by atoms with Gasteiger partial charge in [-0.15, -0.1) is 11.3 Å². The van der Waals surface area contributed by atoms with Crippen LogP contribution in [0.1, 0.15) is 42.3 Å². The van der Waals surface area contributed by atoms with Crippen molar-refractivity contribution in [2.45, 2.75) is 38.6 Å². The second-order valence-electron chi connectivity index (χ2n) is 4.58. The SMILES string of the molecule is CCCC(NC(=O)CCCNC(=O)c1cccs1)C(=O)O. The van der Waals surface area contributed by atoms with Gasteiger partial charge in [-0.1, -0.05) is 19.4 Å². The molecule has 0 bridgehead atoms. The molecule has 0 fully saturated rings. The number of carboxylic acids is 1. The molecule has 6 nitrogen and oxygen atoms in total. The van der Waals surface area contributed by atoms with E-state index in [0.29, 0.717) is 30.7 Å². The quantitative estimate of drug-likeness (QED) is 0.604. The fourth-order valence-corrected chi connectivity index (χ4v) is 2.40. The Morgan fingerprint density at radius 2 is 2.14 bits per heavy atom. The number of rotatable bonds is 9. The highest BCUT2D eigenvalue weighted by Gasteiger charge is 2.18. The topological polar surface area (TPSA) is 95.5 Å². The molecule has 0 spiro atoms. The summed E-state index contributed by atoms with van der Waals surface area (Å²) in [5.74, 6) is -1.47. The van der Waals surface area contributed by atoms with E-state index >= 15 is 0 Å². The first-order valence-electron chi connectivity index (χ1n) is 6.88. The van der Waals surface area contributed by atoms with Crippen molar-refractivity contribution in [3.8, 4) is 0 Å². The molecule has 1 heterocycles. The van der Waals surface area contributed by atoms with Gasteiger partial charge >= 0.3 is 5.97 Å². The van der Waals surface area contributed by atoms with Crippen LogP contribution in [0.15, 0.2) is 17.5 Å². The van der Waals surface area contributed by atoms with Crippen LogP contribution in [-0.4, -0.2) is 35.5 Å². The van der Waals surface area contributed by atoms with E-state index in [1.54, 1.807) is 12.1 Å². The van der Waals surface area contributed by atoms with Crippen LogP contribution >= 0.6 is 11.3 Å². The molecule has 0 aliphatic heterocycles. The van der Waals surface area contributed by atoms with Gasteiger partial charge in [-0.2, -0.15) is 0 Å². The second-order valence-corrected chi connectivity index (χ2v) is 5.53. The number of aliphatic carboxylic acids is 1. The Morgan fingerprint density at radius 1 is 1.38 bits per heavy atom. The monoisotopic (exact) mass is 312 g/mol. The number of carbonyl (C=O) groups is 3. The molecule has 0 radical (unpaired) electrons. The maximum atomic E-state index is 11.6. The normalized spacial score (nSPS) is 11.7. The Kier molecular flexibility index (Phi) is 7.45. The molecule has 1 rings (SSSR count). The summed E-state index contributed by atoms with van der Waals surface area (Å²) in [4.78, 5) is 34.8. The summed E-state index contributed by atoms with van der Waals surface area (Å²) in [5.41, 5.74) is 0. The van der Waals surface area contributed by atoms with E-state index in [1.807, 2.05) is 12.3 Å². The van der Waals surface area contributed by atoms with E-state index in [1.165, 1.54) is 11.3 Å². The summed E-state index contributed by atoms with van der Waals surface area (Å²) in [6, 6.07) is 2.70. The predicted molar refractivity (Wildman–Crippen MR) is 80.4 cm³/mol. The molecule has 1 aromatic rings. The lowest BCUT2D eigenvalue weighted by atomic mass is 10.1. The first-order valence-corrected chi connectivity index (χ1v) is 7.76. The molecule has 2 amide bonds. The minimum atomic E-state index is -1.02. The van der Waals surface area contributed by atoms with Gasteiger partial charge in [-0.3, -0.25) is 9.59 Å². The zero-order valence-electron chi connectivity index (χ0n) is 11.9.